The number of phosphoric acid groups is 3. The van der Waals surface area contributed by atoms with Gasteiger partial charge in [-0.05, 0) is 0 Å². The number of aliphatic hydroxyl groups is 1. The summed E-state index contributed by atoms with van der Waals surface area (Å²) in [6, 6.07) is 0. The summed E-state index contributed by atoms with van der Waals surface area (Å²) in [5.74, 6) is 4.19. The van der Waals surface area contributed by atoms with Crippen LogP contribution in [-0.4, -0.2) is 74.6 Å². The zero-order valence-electron chi connectivity index (χ0n) is 16.9. The van der Waals surface area contributed by atoms with Crippen molar-refractivity contribution in [1.82, 2.24) is 19.5 Å². The second kappa shape index (κ2) is 10.1. The van der Waals surface area contributed by atoms with Crippen LogP contribution in [0.4, 0.5) is 10.3 Å². The Kier molecular flexibility index (Phi) is 8.07. The lowest BCUT2D eigenvalue weighted by molar-refractivity contribution is -0.0428. The molecule has 194 valence electrons. The monoisotopic (exact) mass is 581 g/mol. The maximum atomic E-state index is 12.8. The molecule has 0 spiro atoms. The molecule has 22 heteroatoms. The average molecular weight is 582 g/mol. The van der Waals surface area contributed by atoms with Crippen molar-refractivity contribution >= 4 is 52.2 Å². The quantitative estimate of drug-likeness (QED) is 0.136. The second-order valence-electron chi connectivity index (χ2n) is 6.65. The van der Waals surface area contributed by atoms with Crippen molar-refractivity contribution in [3.05, 3.63) is 12.5 Å². The molecule has 1 aliphatic rings. The van der Waals surface area contributed by atoms with E-state index in [1.54, 1.807) is 0 Å². The van der Waals surface area contributed by atoms with Crippen LogP contribution < -0.4 is 5.73 Å². The molecule has 1 fully saturated rings. The van der Waals surface area contributed by atoms with Crippen molar-refractivity contribution < 1.29 is 60.6 Å². The summed E-state index contributed by atoms with van der Waals surface area (Å²) in [4.78, 5) is 45.7. The Bertz CT molecular complexity index is 1310. The summed E-state index contributed by atoms with van der Waals surface area (Å²) < 4.78 is 65.4. The van der Waals surface area contributed by atoms with Gasteiger partial charge >= 0.3 is 23.5 Å². The number of anilines is 1. The van der Waals surface area contributed by atoms with Gasteiger partial charge in [-0.25, -0.2) is 28.1 Å². The van der Waals surface area contributed by atoms with E-state index in [-0.39, 0.29) is 17.1 Å². The van der Waals surface area contributed by atoms with Gasteiger partial charge in [0, 0.05) is 0 Å². The maximum absolute atomic E-state index is 12.8. The van der Waals surface area contributed by atoms with E-state index in [1.807, 2.05) is 5.92 Å². The predicted octanol–water partition coefficient (Wildman–Crippen LogP) is -0.0394. The maximum Gasteiger partial charge on any atom is 0.490 e. The summed E-state index contributed by atoms with van der Waals surface area (Å²) in [5, 5.41) is 10.7. The van der Waals surface area contributed by atoms with Gasteiger partial charge < -0.3 is 35.2 Å². The number of imidazole rings is 1. The van der Waals surface area contributed by atoms with Crippen LogP contribution in [0, 0.1) is 11.8 Å². The van der Waals surface area contributed by atoms with Crippen LogP contribution in [0.1, 0.15) is 6.23 Å². The van der Waals surface area contributed by atoms with Crippen molar-refractivity contribution in [2.45, 2.75) is 23.3 Å². The number of hydrogen-bond donors (Lipinski definition) is 6. The van der Waals surface area contributed by atoms with Crippen molar-refractivity contribution in [2.24, 2.45) is 0 Å². The minimum absolute atomic E-state index is 0.0790. The Morgan fingerprint density at radius 2 is 1.91 bits per heavy atom. The second-order valence-corrected chi connectivity index (χ2v) is 11.7. The van der Waals surface area contributed by atoms with Crippen LogP contribution >= 0.6 is 35.1 Å². The number of aliphatic hydroxyl groups excluding tert-OH is 1. The molecule has 3 rings (SSSR count). The van der Waals surface area contributed by atoms with Crippen LogP contribution in [0.3, 0.4) is 0 Å². The Labute approximate surface area is 199 Å². The van der Waals surface area contributed by atoms with Crippen molar-refractivity contribution in [2.75, 3.05) is 19.0 Å². The summed E-state index contributed by atoms with van der Waals surface area (Å²) in [6.45, 7) is -2.20. The zero-order valence-corrected chi connectivity index (χ0v) is 20.3. The molecule has 0 radical (unpaired) electrons. The molecule has 0 amide bonds. The number of halogens is 2. The first-order valence-electron chi connectivity index (χ1n) is 8.89. The molecule has 0 bridgehead atoms. The first kappa shape index (κ1) is 28.0. The fourth-order valence-electron chi connectivity index (χ4n) is 2.94. The number of rotatable bonds is 8. The molecule has 17 nitrogen and oxygen atoms in total. The highest BCUT2D eigenvalue weighted by Gasteiger charge is 2.57. The lowest BCUT2D eigenvalue weighted by atomic mass is 9.99. The molecule has 7 N–H and O–H groups in total. The molecular formula is C13H16ClFN5O12P3. The number of fused-ring (bicyclic) bond motifs is 1. The largest absolute Gasteiger partial charge is 0.490 e. The van der Waals surface area contributed by atoms with Crippen LogP contribution in [0.15, 0.2) is 12.5 Å². The van der Waals surface area contributed by atoms with E-state index in [4.69, 9.17) is 31.9 Å². The Hall–Kier alpha value is -1.54. The molecule has 3 unspecified atom stereocenters. The normalized spacial score (nSPS) is 28.3. The van der Waals surface area contributed by atoms with Crippen LogP contribution in [-0.2, 0) is 31.6 Å². The Morgan fingerprint density at radius 3 is 2.54 bits per heavy atom. The third kappa shape index (κ3) is 6.62. The van der Waals surface area contributed by atoms with Gasteiger partial charge in [-0.1, -0.05) is 23.4 Å². The predicted molar refractivity (Wildman–Crippen MR) is 112 cm³/mol. The zero-order chi connectivity index (χ0) is 26.2. The average Bonchev–Trinajstić information content (AvgIpc) is 3.21. The first-order chi connectivity index (χ1) is 16.1. The van der Waals surface area contributed by atoms with Crippen LogP contribution in [0.25, 0.3) is 11.2 Å². The molecule has 0 aliphatic carbocycles. The number of ether oxygens (including phenoxy) is 1. The minimum Gasteiger partial charge on any atom is -0.387 e. The van der Waals surface area contributed by atoms with E-state index in [0.29, 0.717) is 0 Å². The highest BCUT2D eigenvalue weighted by Crippen LogP contribution is 2.66. The van der Waals surface area contributed by atoms with Gasteiger partial charge in [0.05, 0.1) is 19.1 Å². The van der Waals surface area contributed by atoms with Gasteiger partial charge in [-0.15, -0.1) is 0 Å². The molecule has 0 aromatic carbocycles. The van der Waals surface area contributed by atoms with E-state index in [0.717, 1.165) is 0 Å². The number of hydrogen-bond acceptors (Lipinski definition) is 12. The van der Waals surface area contributed by atoms with Gasteiger partial charge in [0.25, 0.3) is 0 Å². The van der Waals surface area contributed by atoms with Gasteiger partial charge in [-0.3, -0.25) is 9.09 Å². The molecular weight excluding hydrogens is 566 g/mol. The molecule has 1 saturated heterocycles. The van der Waals surface area contributed by atoms with E-state index in [1.165, 1.54) is 17.1 Å². The van der Waals surface area contributed by atoms with Crippen molar-refractivity contribution in [1.29, 1.82) is 0 Å². The molecule has 1 aliphatic heterocycles. The standard InChI is InChI=1S/C13H16ClFN5O12P3/c14-13(2-1-3-15)9(21)8(5-29-34(25,26)32-35(27,28)31-33(22,23)24)30-11(13)20-6-18-7-4-17-12(16)19-10(7)20/h4,6,8-9,11,21H,3,5H2,(H,25,26)(H,27,28)(H2,16,17,19)(H2,22,23,24)/t8-,9+,11-,13?/m1/s1. The summed E-state index contributed by atoms with van der Waals surface area (Å²) in [7, 11) is -16.9. The lowest BCUT2D eigenvalue weighted by Gasteiger charge is -2.25. The smallest absolute Gasteiger partial charge is 0.387 e. The number of aromatic nitrogens is 4. The van der Waals surface area contributed by atoms with E-state index in [2.05, 4.69) is 34.0 Å². The van der Waals surface area contributed by atoms with Crippen molar-refractivity contribution in [3.8, 4) is 11.8 Å². The number of alkyl halides is 2. The van der Waals surface area contributed by atoms with Gasteiger partial charge in [0.1, 0.15) is 24.4 Å². The summed E-state index contributed by atoms with van der Waals surface area (Å²) in [6.07, 6.45) is -2.43. The molecule has 35 heavy (non-hydrogen) atoms. The molecule has 2 aromatic rings. The van der Waals surface area contributed by atoms with E-state index in [9.17, 15) is 33.0 Å². The molecule has 0 saturated carbocycles. The molecule has 2 aromatic heterocycles. The number of nitrogens with zero attached hydrogens (tertiary/aromatic N) is 4. The fourth-order valence-corrected chi connectivity index (χ4v) is 6.33. The van der Waals surface area contributed by atoms with Crippen molar-refractivity contribution in [3.63, 3.8) is 0 Å². The number of phosphoric ester groups is 1. The third-order valence-corrected chi connectivity index (χ3v) is 8.50. The highest BCUT2D eigenvalue weighted by molar-refractivity contribution is 7.66. The Morgan fingerprint density at radius 1 is 1.23 bits per heavy atom. The van der Waals surface area contributed by atoms with E-state index >= 15 is 0 Å². The van der Waals surface area contributed by atoms with Crippen LogP contribution in [0.2, 0.25) is 0 Å². The number of nitrogens with two attached hydrogens (primary N) is 1. The van der Waals surface area contributed by atoms with Crippen LogP contribution in [0.5, 0.6) is 0 Å². The minimum atomic E-state index is -5.77. The lowest BCUT2D eigenvalue weighted by Crippen LogP contribution is -2.41. The number of nitrogen functional groups attached to an aromatic ring is 1. The van der Waals surface area contributed by atoms with E-state index < -0.39 is 60.1 Å². The third-order valence-electron chi connectivity index (χ3n) is 4.20. The van der Waals surface area contributed by atoms with Gasteiger partial charge in [-0.2, -0.15) is 13.6 Å². The first-order valence-corrected chi connectivity index (χ1v) is 13.8. The van der Waals surface area contributed by atoms with Gasteiger partial charge in [0.15, 0.2) is 16.7 Å². The summed E-state index contributed by atoms with van der Waals surface area (Å²) >= 11 is 6.47. The highest BCUT2D eigenvalue weighted by atomic mass is 35.5. The molecule has 3 heterocycles. The SMILES string of the molecule is Nc1ncc2ncn([C@@H]3O[C@H](COP(=O)(O)OP(=O)(O)OP(=O)(O)O)[C@H](O)C3(Cl)C#CCF)c2n1. The Balaban J connectivity index is 1.85. The van der Waals surface area contributed by atoms with Gasteiger partial charge in [0.2, 0.25) is 5.95 Å². The fraction of sp³-hybridized carbons (Fsp3) is 0.462. The topological polar surface area (TPSA) is 259 Å². The molecule has 6 atom stereocenters. The summed E-state index contributed by atoms with van der Waals surface area (Å²) in [5.41, 5.74) is 5.89.